The fourth-order valence-corrected chi connectivity index (χ4v) is 2.24. The Kier molecular flexibility index (Phi) is 6.82. The first-order chi connectivity index (χ1) is 9.53. The number of aliphatic hydroxyl groups is 1. The van der Waals surface area contributed by atoms with Crippen LogP contribution in [-0.2, 0) is 0 Å². The molecule has 114 valence electrons. The van der Waals surface area contributed by atoms with Crippen LogP contribution in [0, 0.1) is 6.92 Å². The van der Waals surface area contributed by atoms with Crippen LogP contribution in [0.3, 0.4) is 0 Å². The van der Waals surface area contributed by atoms with Gasteiger partial charge in [-0.2, -0.15) is 0 Å². The van der Waals surface area contributed by atoms with Gasteiger partial charge in [-0.3, -0.25) is 0 Å². The number of methoxy groups -OCH3 is 2. The average Bonchev–Trinajstić information content (AvgIpc) is 2.46. The van der Waals surface area contributed by atoms with Crippen LogP contribution < -0.4 is 14.8 Å². The smallest absolute Gasteiger partial charge is 0.161 e. The molecule has 0 bridgehead atoms. The lowest BCUT2D eigenvalue weighted by atomic mass is 10.0. The summed E-state index contributed by atoms with van der Waals surface area (Å²) >= 11 is 0. The molecule has 4 heteroatoms. The minimum atomic E-state index is -0.221. The molecule has 0 heterocycles. The zero-order valence-corrected chi connectivity index (χ0v) is 13.2. The molecule has 1 aromatic rings. The number of rotatable bonds is 8. The lowest BCUT2D eigenvalue weighted by Crippen LogP contribution is -2.24. The van der Waals surface area contributed by atoms with Gasteiger partial charge in [0.05, 0.1) is 20.3 Å². The Morgan fingerprint density at radius 2 is 1.80 bits per heavy atom. The third-order valence-electron chi connectivity index (χ3n) is 3.64. The van der Waals surface area contributed by atoms with Crippen molar-refractivity contribution < 1.29 is 14.6 Å². The minimum absolute atomic E-state index is 0.207. The van der Waals surface area contributed by atoms with E-state index in [0.29, 0.717) is 0 Å². The molecule has 0 radical (unpaired) electrons. The largest absolute Gasteiger partial charge is 0.493 e. The second kappa shape index (κ2) is 8.12. The molecule has 2 N–H and O–H groups in total. The molecule has 0 aliphatic carbocycles. The summed E-state index contributed by atoms with van der Waals surface area (Å²) in [6.07, 6.45) is 1.35. The van der Waals surface area contributed by atoms with Gasteiger partial charge in [0.1, 0.15) is 0 Å². The molecule has 2 unspecified atom stereocenters. The van der Waals surface area contributed by atoms with E-state index in [-0.39, 0.29) is 12.1 Å². The Hall–Kier alpha value is -1.26. The Morgan fingerprint density at radius 3 is 2.35 bits per heavy atom. The highest BCUT2D eigenvalue weighted by Gasteiger charge is 2.13. The molecular weight excluding hydrogens is 254 g/mol. The van der Waals surface area contributed by atoms with E-state index < -0.39 is 0 Å². The van der Waals surface area contributed by atoms with Crippen LogP contribution in [-0.4, -0.2) is 32.0 Å². The van der Waals surface area contributed by atoms with Gasteiger partial charge in [-0.1, -0.05) is 6.92 Å². The second-order valence-corrected chi connectivity index (χ2v) is 5.09. The zero-order valence-electron chi connectivity index (χ0n) is 13.2. The van der Waals surface area contributed by atoms with Gasteiger partial charge in [0, 0.05) is 6.04 Å². The lowest BCUT2D eigenvalue weighted by molar-refractivity contribution is 0.159. The van der Waals surface area contributed by atoms with E-state index in [9.17, 15) is 5.11 Å². The Labute approximate surface area is 122 Å². The highest BCUT2D eigenvalue weighted by Crippen LogP contribution is 2.32. The summed E-state index contributed by atoms with van der Waals surface area (Å²) in [5.41, 5.74) is 2.35. The molecule has 0 aromatic heterocycles. The summed E-state index contributed by atoms with van der Waals surface area (Å²) in [5, 5.41) is 13.0. The molecule has 2 atom stereocenters. The highest BCUT2D eigenvalue weighted by atomic mass is 16.5. The average molecular weight is 281 g/mol. The van der Waals surface area contributed by atoms with Gasteiger partial charge in [-0.15, -0.1) is 0 Å². The number of aryl methyl sites for hydroxylation is 1. The van der Waals surface area contributed by atoms with Gasteiger partial charge in [0.2, 0.25) is 0 Å². The van der Waals surface area contributed by atoms with Crippen molar-refractivity contribution in [1.82, 2.24) is 5.32 Å². The molecule has 0 saturated carbocycles. The van der Waals surface area contributed by atoms with E-state index >= 15 is 0 Å². The number of nitrogens with one attached hydrogen (secondary N) is 1. The second-order valence-electron chi connectivity index (χ2n) is 5.09. The predicted octanol–water partition coefficient (Wildman–Crippen LogP) is 2.82. The third kappa shape index (κ3) is 4.39. The zero-order chi connectivity index (χ0) is 15.1. The summed E-state index contributed by atoms with van der Waals surface area (Å²) in [5.74, 6) is 1.50. The first-order valence-corrected chi connectivity index (χ1v) is 7.17. The predicted molar refractivity (Wildman–Crippen MR) is 81.6 cm³/mol. The van der Waals surface area contributed by atoms with E-state index in [1.807, 2.05) is 19.1 Å². The minimum Gasteiger partial charge on any atom is -0.493 e. The number of ether oxygens (including phenoxy) is 2. The Bertz CT molecular complexity index is 420. The van der Waals surface area contributed by atoms with Crippen molar-refractivity contribution in [1.29, 1.82) is 0 Å². The van der Waals surface area contributed by atoms with Crippen LogP contribution in [0.15, 0.2) is 12.1 Å². The van der Waals surface area contributed by atoms with Gasteiger partial charge in [0.15, 0.2) is 11.5 Å². The topological polar surface area (TPSA) is 50.7 Å². The van der Waals surface area contributed by atoms with Crippen LogP contribution in [0.5, 0.6) is 11.5 Å². The van der Waals surface area contributed by atoms with Crippen molar-refractivity contribution >= 4 is 0 Å². The van der Waals surface area contributed by atoms with E-state index in [4.69, 9.17) is 9.47 Å². The molecule has 0 aliphatic heterocycles. The summed E-state index contributed by atoms with van der Waals surface area (Å²) in [6.45, 7) is 6.97. The van der Waals surface area contributed by atoms with Gasteiger partial charge in [0.25, 0.3) is 0 Å². The van der Waals surface area contributed by atoms with Crippen molar-refractivity contribution in [2.45, 2.75) is 45.8 Å². The van der Waals surface area contributed by atoms with E-state index in [2.05, 4.69) is 19.2 Å². The summed E-state index contributed by atoms with van der Waals surface area (Å²) in [6, 6.07) is 4.22. The lowest BCUT2D eigenvalue weighted by Gasteiger charge is -2.19. The van der Waals surface area contributed by atoms with Crippen LogP contribution in [0.1, 0.15) is 43.9 Å². The maximum absolute atomic E-state index is 9.57. The number of hydrogen-bond donors (Lipinski definition) is 2. The molecule has 0 spiro atoms. The van der Waals surface area contributed by atoms with Crippen molar-refractivity contribution in [3.63, 3.8) is 0 Å². The molecule has 0 saturated heterocycles. The quantitative estimate of drug-likeness (QED) is 0.769. The van der Waals surface area contributed by atoms with E-state index in [0.717, 1.165) is 30.9 Å². The fraction of sp³-hybridized carbons (Fsp3) is 0.625. The molecule has 1 rings (SSSR count). The van der Waals surface area contributed by atoms with Gasteiger partial charge in [-0.25, -0.2) is 0 Å². The maximum atomic E-state index is 9.57. The van der Waals surface area contributed by atoms with E-state index in [1.54, 1.807) is 14.2 Å². The first kappa shape index (κ1) is 16.8. The van der Waals surface area contributed by atoms with Gasteiger partial charge in [-0.05, 0) is 56.5 Å². The number of benzene rings is 1. The monoisotopic (exact) mass is 281 g/mol. The fourth-order valence-electron chi connectivity index (χ4n) is 2.24. The van der Waals surface area contributed by atoms with Crippen LogP contribution in [0.2, 0.25) is 0 Å². The van der Waals surface area contributed by atoms with Crippen molar-refractivity contribution in [3.8, 4) is 11.5 Å². The van der Waals surface area contributed by atoms with Crippen molar-refractivity contribution in [2.75, 3.05) is 20.8 Å². The first-order valence-electron chi connectivity index (χ1n) is 7.17. The number of aliphatic hydroxyl groups excluding tert-OH is 1. The molecule has 0 amide bonds. The molecule has 4 nitrogen and oxygen atoms in total. The van der Waals surface area contributed by atoms with Crippen LogP contribution in [0.4, 0.5) is 0 Å². The normalized spacial score (nSPS) is 13.9. The molecule has 0 aliphatic rings. The Balaban J connectivity index is 2.74. The van der Waals surface area contributed by atoms with Crippen molar-refractivity contribution in [3.05, 3.63) is 23.3 Å². The van der Waals surface area contributed by atoms with Gasteiger partial charge < -0.3 is 19.9 Å². The molecule has 1 aromatic carbocycles. The van der Waals surface area contributed by atoms with Gasteiger partial charge >= 0.3 is 0 Å². The van der Waals surface area contributed by atoms with Crippen LogP contribution >= 0.6 is 0 Å². The van der Waals surface area contributed by atoms with Crippen molar-refractivity contribution in [2.24, 2.45) is 0 Å². The third-order valence-corrected chi connectivity index (χ3v) is 3.64. The summed E-state index contributed by atoms with van der Waals surface area (Å²) in [7, 11) is 3.29. The SMILES string of the molecule is CCC(O)CCNC(C)c1cc(OC)c(OC)cc1C. The summed E-state index contributed by atoms with van der Waals surface area (Å²) in [4.78, 5) is 0. The molecule has 20 heavy (non-hydrogen) atoms. The number of hydrogen-bond acceptors (Lipinski definition) is 4. The van der Waals surface area contributed by atoms with E-state index in [1.165, 1.54) is 11.1 Å². The van der Waals surface area contributed by atoms with Crippen LogP contribution in [0.25, 0.3) is 0 Å². The molecule has 0 fully saturated rings. The molecular formula is C16H27NO3. The highest BCUT2D eigenvalue weighted by molar-refractivity contribution is 5.47. The summed E-state index contributed by atoms with van der Waals surface area (Å²) < 4.78 is 10.6. The Morgan fingerprint density at radius 1 is 1.20 bits per heavy atom. The standard InChI is InChI=1S/C16H27NO3/c1-6-13(18)7-8-17-12(3)14-10-16(20-5)15(19-4)9-11(14)2/h9-10,12-13,17-18H,6-8H2,1-5H3. The maximum Gasteiger partial charge on any atom is 0.161 e.